The Bertz CT molecular complexity index is 1170. The fourth-order valence-electron chi connectivity index (χ4n) is 3.08. The zero-order valence-electron chi connectivity index (χ0n) is 15.0. The molecule has 0 amide bonds. The van der Waals surface area contributed by atoms with Gasteiger partial charge in [-0.25, -0.2) is 24.3 Å². The van der Waals surface area contributed by atoms with Gasteiger partial charge >= 0.3 is 0 Å². The fourth-order valence-corrected chi connectivity index (χ4v) is 3.27. The maximum absolute atomic E-state index is 13.8. The molecule has 4 aromatic rings. The highest BCUT2D eigenvalue weighted by Crippen LogP contribution is 2.27. The molecule has 0 radical (unpaired) electrons. The molecule has 27 heavy (non-hydrogen) atoms. The Morgan fingerprint density at radius 2 is 1.81 bits per heavy atom. The summed E-state index contributed by atoms with van der Waals surface area (Å²) >= 11 is 5.98. The largest absolute Gasteiger partial charge is 0.304 e. The molecule has 0 atom stereocenters. The Morgan fingerprint density at radius 3 is 2.56 bits per heavy atom. The van der Waals surface area contributed by atoms with Gasteiger partial charge in [-0.05, 0) is 38.5 Å². The number of hydrogen-bond acceptors (Lipinski definition) is 5. The molecule has 4 heterocycles. The summed E-state index contributed by atoms with van der Waals surface area (Å²) in [5, 5.41) is 0.440. The third kappa shape index (κ3) is 3.26. The monoisotopic (exact) mass is 382 g/mol. The highest BCUT2D eigenvalue weighted by Gasteiger charge is 2.18. The van der Waals surface area contributed by atoms with E-state index in [4.69, 9.17) is 16.6 Å². The van der Waals surface area contributed by atoms with E-state index < -0.39 is 5.82 Å². The normalized spacial score (nSPS) is 11.3. The predicted molar refractivity (Wildman–Crippen MR) is 101 cm³/mol. The van der Waals surface area contributed by atoms with Crippen LogP contribution < -0.4 is 0 Å². The third-order valence-corrected chi connectivity index (χ3v) is 4.54. The molecule has 0 fully saturated rings. The average Bonchev–Trinajstić information content (AvgIpc) is 2.96. The Balaban J connectivity index is 1.97. The number of nitrogens with zero attached hydrogens (tertiary/aromatic N) is 6. The molecule has 0 aliphatic carbocycles. The summed E-state index contributed by atoms with van der Waals surface area (Å²) in [6.07, 6.45) is 2.75. The van der Waals surface area contributed by atoms with Gasteiger partial charge in [0.15, 0.2) is 5.65 Å². The quantitative estimate of drug-likeness (QED) is 0.500. The van der Waals surface area contributed by atoms with Gasteiger partial charge < -0.3 is 4.57 Å². The number of aromatic nitrogens is 6. The van der Waals surface area contributed by atoms with Crippen molar-refractivity contribution in [2.45, 2.75) is 27.3 Å². The molecule has 0 saturated heterocycles. The maximum Gasteiger partial charge on any atom is 0.164 e. The van der Waals surface area contributed by atoms with Crippen LogP contribution in [0.15, 0.2) is 30.6 Å². The van der Waals surface area contributed by atoms with Gasteiger partial charge in [-0.3, -0.25) is 4.98 Å². The van der Waals surface area contributed by atoms with Crippen LogP contribution in [0.5, 0.6) is 0 Å². The molecule has 0 unspecified atom stereocenters. The second kappa shape index (κ2) is 6.66. The van der Waals surface area contributed by atoms with Crippen molar-refractivity contribution in [2.24, 2.45) is 0 Å². The van der Waals surface area contributed by atoms with Crippen LogP contribution >= 0.6 is 11.6 Å². The van der Waals surface area contributed by atoms with E-state index in [-0.39, 0.29) is 0 Å². The standard InChI is InChI=1S/C19H16ClFN6/c1-10-13(4-5-16(20)24-10)9-27-18(14-6-15(21)8-22-7-14)26-17-11(2)23-12(3)25-19(17)27/h4-8H,9H2,1-3H3. The van der Waals surface area contributed by atoms with Crippen molar-refractivity contribution in [1.29, 1.82) is 0 Å². The van der Waals surface area contributed by atoms with Gasteiger partial charge in [0, 0.05) is 17.5 Å². The summed E-state index contributed by atoms with van der Waals surface area (Å²) in [5.74, 6) is 0.805. The maximum atomic E-state index is 13.8. The van der Waals surface area contributed by atoms with Crippen molar-refractivity contribution in [1.82, 2.24) is 29.5 Å². The molecule has 0 bridgehead atoms. The molecule has 0 spiro atoms. The van der Waals surface area contributed by atoms with E-state index in [2.05, 4.69) is 19.9 Å². The van der Waals surface area contributed by atoms with Crippen LogP contribution in [0, 0.1) is 26.6 Å². The molecule has 136 valence electrons. The van der Waals surface area contributed by atoms with E-state index in [1.807, 2.05) is 31.4 Å². The number of halogens is 2. The number of hydrogen-bond donors (Lipinski definition) is 0. The summed E-state index contributed by atoms with van der Waals surface area (Å²) in [7, 11) is 0. The molecule has 4 aromatic heterocycles. The summed E-state index contributed by atoms with van der Waals surface area (Å²) < 4.78 is 15.7. The number of imidazole rings is 1. The lowest BCUT2D eigenvalue weighted by atomic mass is 10.2. The molecule has 0 N–H and O–H groups in total. The summed E-state index contributed by atoms with van der Waals surface area (Å²) in [6, 6.07) is 5.08. The lowest BCUT2D eigenvalue weighted by molar-refractivity contribution is 0.621. The van der Waals surface area contributed by atoms with Crippen LogP contribution in [0.2, 0.25) is 5.15 Å². The van der Waals surface area contributed by atoms with Gasteiger partial charge in [-0.1, -0.05) is 17.7 Å². The molecule has 0 aliphatic heterocycles. The van der Waals surface area contributed by atoms with Gasteiger partial charge in [0.1, 0.15) is 28.1 Å². The zero-order valence-corrected chi connectivity index (χ0v) is 15.8. The summed E-state index contributed by atoms with van der Waals surface area (Å²) in [5.41, 5.74) is 4.50. The van der Waals surface area contributed by atoms with E-state index in [0.29, 0.717) is 40.1 Å². The van der Waals surface area contributed by atoms with Gasteiger partial charge in [0.2, 0.25) is 0 Å². The SMILES string of the molecule is Cc1nc(C)c2nc(-c3cncc(F)c3)n(Cc3ccc(Cl)nc3C)c2n1. The second-order valence-corrected chi connectivity index (χ2v) is 6.71. The van der Waals surface area contributed by atoms with Crippen LogP contribution in [0.1, 0.15) is 22.8 Å². The Morgan fingerprint density at radius 1 is 1.00 bits per heavy atom. The van der Waals surface area contributed by atoms with Crippen molar-refractivity contribution in [3.8, 4) is 11.4 Å². The smallest absolute Gasteiger partial charge is 0.164 e. The average molecular weight is 383 g/mol. The van der Waals surface area contributed by atoms with E-state index in [9.17, 15) is 4.39 Å². The van der Waals surface area contributed by atoms with Crippen LogP contribution in [-0.4, -0.2) is 29.5 Å². The molecule has 8 heteroatoms. The Labute approximate surface area is 160 Å². The van der Waals surface area contributed by atoms with Gasteiger partial charge in [-0.2, -0.15) is 0 Å². The predicted octanol–water partition coefficient (Wildman–Crippen LogP) is 4.05. The first-order chi connectivity index (χ1) is 12.9. The van der Waals surface area contributed by atoms with Gasteiger partial charge in [0.05, 0.1) is 18.4 Å². The molecule has 4 rings (SSSR count). The molecule has 6 nitrogen and oxygen atoms in total. The summed E-state index contributed by atoms with van der Waals surface area (Å²) in [6.45, 7) is 6.09. The Kier molecular flexibility index (Phi) is 4.31. The number of aryl methyl sites for hydroxylation is 3. The van der Waals surface area contributed by atoms with Crippen molar-refractivity contribution < 1.29 is 4.39 Å². The first-order valence-electron chi connectivity index (χ1n) is 8.37. The zero-order chi connectivity index (χ0) is 19.1. The molecule has 0 aliphatic rings. The van der Waals surface area contributed by atoms with Crippen molar-refractivity contribution >= 4 is 22.8 Å². The minimum atomic E-state index is -0.422. The van der Waals surface area contributed by atoms with Crippen LogP contribution in [0.3, 0.4) is 0 Å². The van der Waals surface area contributed by atoms with Crippen LogP contribution in [0.4, 0.5) is 4.39 Å². The number of fused-ring (bicyclic) bond motifs is 1. The summed E-state index contributed by atoms with van der Waals surface area (Å²) in [4.78, 5) is 21.9. The van der Waals surface area contributed by atoms with E-state index in [1.165, 1.54) is 12.3 Å². The van der Waals surface area contributed by atoms with Crippen LogP contribution in [0.25, 0.3) is 22.6 Å². The number of rotatable bonds is 3. The minimum Gasteiger partial charge on any atom is -0.304 e. The van der Waals surface area contributed by atoms with Gasteiger partial charge in [0.25, 0.3) is 0 Å². The first-order valence-corrected chi connectivity index (χ1v) is 8.74. The van der Waals surface area contributed by atoms with Crippen molar-refractivity contribution in [3.63, 3.8) is 0 Å². The van der Waals surface area contributed by atoms with Crippen molar-refractivity contribution in [3.05, 3.63) is 64.3 Å². The van der Waals surface area contributed by atoms with E-state index >= 15 is 0 Å². The third-order valence-electron chi connectivity index (χ3n) is 4.33. The lowest BCUT2D eigenvalue weighted by Gasteiger charge is -2.11. The fraction of sp³-hybridized carbons (Fsp3) is 0.211. The highest BCUT2D eigenvalue weighted by molar-refractivity contribution is 6.29. The lowest BCUT2D eigenvalue weighted by Crippen LogP contribution is -2.06. The molecular formula is C19H16ClFN6. The van der Waals surface area contributed by atoms with Crippen molar-refractivity contribution in [2.75, 3.05) is 0 Å². The number of pyridine rings is 2. The highest BCUT2D eigenvalue weighted by atomic mass is 35.5. The van der Waals surface area contributed by atoms with E-state index in [1.54, 1.807) is 12.3 Å². The molecular weight excluding hydrogens is 367 g/mol. The van der Waals surface area contributed by atoms with Crippen LogP contribution in [-0.2, 0) is 6.54 Å². The second-order valence-electron chi connectivity index (χ2n) is 6.32. The topological polar surface area (TPSA) is 69.4 Å². The first kappa shape index (κ1) is 17.5. The Hall–Kier alpha value is -2.93. The van der Waals surface area contributed by atoms with Gasteiger partial charge in [-0.15, -0.1) is 0 Å². The van der Waals surface area contributed by atoms with E-state index in [0.717, 1.165) is 17.0 Å². The minimum absolute atomic E-state index is 0.422. The molecule has 0 saturated carbocycles. The molecule has 0 aromatic carbocycles.